The molecule has 1 aliphatic heterocycles. The minimum Gasteiger partial charge on any atom is -0.340 e. The number of hydrogen-bond acceptors (Lipinski definition) is 3. The molecule has 2 rings (SSSR count). The van der Waals surface area contributed by atoms with Crippen LogP contribution in [0, 0.1) is 5.82 Å². The molecule has 1 aromatic rings. The lowest BCUT2D eigenvalue weighted by molar-refractivity contribution is -0.135. The number of likely N-dealkylation sites (tertiary alicyclic amines) is 1. The van der Waals surface area contributed by atoms with Crippen molar-refractivity contribution in [2.24, 2.45) is 0 Å². The van der Waals surface area contributed by atoms with Crippen LogP contribution >= 0.6 is 0 Å². The summed E-state index contributed by atoms with van der Waals surface area (Å²) >= 11 is 0. The van der Waals surface area contributed by atoms with Crippen LogP contribution in [0.3, 0.4) is 0 Å². The van der Waals surface area contributed by atoms with Gasteiger partial charge in [-0.2, -0.15) is 0 Å². The van der Waals surface area contributed by atoms with E-state index in [2.05, 4.69) is 6.92 Å². The Morgan fingerprint density at radius 2 is 1.92 bits per heavy atom. The zero-order chi connectivity index (χ0) is 19.2. The van der Waals surface area contributed by atoms with Gasteiger partial charge in [0, 0.05) is 32.1 Å². The molecule has 0 saturated carbocycles. The third-order valence-corrected chi connectivity index (χ3v) is 6.33. The Labute approximate surface area is 156 Å². The first-order valence-corrected chi connectivity index (χ1v) is 11.1. The fourth-order valence-electron chi connectivity index (χ4n) is 3.47. The molecule has 1 aliphatic rings. The van der Waals surface area contributed by atoms with Crippen LogP contribution in [-0.2, 0) is 21.2 Å². The Bertz CT molecular complexity index is 691. The number of nitrogens with zero attached hydrogens (tertiary/aromatic N) is 2. The molecule has 1 atom stereocenters. The zero-order valence-corrected chi connectivity index (χ0v) is 16.5. The van der Waals surface area contributed by atoms with Gasteiger partial charge in [0.05, 0.1) is 6.26 Å². The number of hydrogen-bond donors (Lipinski definition) is 0. The SMILES string of the molecule is CCC1CCCCN1C(=O)CCN(CCc1ccc(F)cc1)S(C)(=O)=O. The molecule has 0 radical (unpaired) electrons. The molecule has 1 amide bonds. The van der Waals surface area contributed by atoms with Crippen molar-refractivity contribution in [1.82, 2.24) is 9.21 Å². The predicted molar refractivity (Wildman–Crippen MR) is 101 cm³/mol. The first kappa shape index (κ1) is 20.8. The van der Waals surface area contributed by atoms with Gasteiger partial charge in [-0.05, 0) is 49.8 Å². The normalized spacial score (nSPS) is 18.3. The zero-order valence-electron chi connectivity index (χ0n) is 15.7. The topological polar surface area (TPSA) is 57.7 Å². The van der Waals surface area contributed by atoms with E-state index in [1.54, 1.807) is 12.1 Å². The highest BCUT2D eigenvalue weighted by Crippen LogP contribution is 2.20. The van der Waals surface area contributed by atoms with Gasteiger partial charge in [-0.1, -0.05) is 19.1 Å². The highest BCUT2D eigenvalue weighted by atomic mass is 32.2. The van der Waals surface area contributed by atoms with Crippen molar-refractivity contribution >= 4 is 15.9 Å². The van der Waals surface area contributed by atoms with Crippen LogP contribution in [0.25, 0.3) is 0 Å². The monoisotopic (exact) mass is 384 g/mol. The van der Waals surface area contributed by atoms with Crippen molar-refractivity contribution < 1.29 is 17.6 Å². The van der Waals surface area contributed by atoms with Gasteiger partial charge in [0.1, 0.15) is 5.82 Å². The van der Waals surface area contributed by atoms with Gasteiger partial charge < -0.3 is 4.90 Å². The van der Waals surface area contributed by atoms with Crippen molar-refractivity contribution in [2.45, 2.75) is 51.5 Å². The molecular weight excluding hydrogens is 355 g/mol. The number of piperidine rings is 1. The van der Waals surface area contributed by atoms with Gasteiger partial charge in [0.15, 0.2) is 0 Å². The van der Waals surface area contributed by atoms with Crippen LogP contribution < -0.4 is 0 Å². The lowest BCUT2D eigenvalue weighted by Crippen LogP contribution is -2.45. The summed E-state index contributed by atoms with van der Waals surface area (Å²) in [5, 5.41) is 0. The van der Waals surface area contributed by atoms with E-state index in [0.29, 0.717) is 6.42 Å². The largest absolute Gasteiger partial charge is 0.340 e. The Morgan fingerprint density at radius 1 is 1.23 bits per heavy atom. The molecule has 146 valence electrons. The second-order valence-electron chi connectivity index (χ2n) is 6.93. The first-order chi connectivity index (χ1) is 12.3. The van der Waals surface area contributed by atoms with Gasteiger partial charge in [-0.25, -0.2) is 17.1 Å². The Balaban J connectivity index is 1.93. The highest BCUT2D eigenvalue weighted by Gasteiger charge is 2.26. The highest BCUT2D eigenvalue weighted by molar-refractivity contribution is 7.88. The van der Waals surface area contributed by atoms with Gasteiger partial charge >= 0.3 is 0 Å². The first-order valence-electron chi connectivity index (χ1n) is 9.30. The maximum absolute atomic E-state index is 13.0. The summed E-state index contributed by atoms with van der Waals surface area (Å²) in [6, 6.07) is 6.32. The van der Waals surface area contributed by atoms with E-state index < -0.39 is 10.0 Å². The summed E-state index contributed by atoms with van der Waals surface area (Å²) in [6.45, 7) is 3.33. The van der Waals surface area contributed by atoms with Gasteiger partial charge in [0.25, 0.3) is 0 Å². The number of amides is 1. The number of halogens is 1. The van der Waals surface area contributed by atoms with E-state index in [9.17, 15) is 17.6 Å². The van der Waals surface area contributed by atoms with Gasteiger partial charge in [-0.15, -0.1) is 0 Å². The summed E-state index contributed by atoms with van der Waals surface area (Å²) in [6.07, 6.45) is 5.99. The molecule has 0 bridgehead atoms. The smallest absolute Gasteiger partial charge is 0.224 e. The molecule has 1 fully saturated rings. The molecule has 1 aromatic carbocycles. The summed E-state index contributed by atoms with van der Waals surface area (Å²) in [5.74, 6) is -0.279. The van der Waals surface area contributed by atoms with Crippen molar-refractivity contribution in [2.75, 3.05) is 25.9 Å². The van der Waals surface area contributed by atoms with Crippen molar-refractivity contribution in [3.63, 3.8) is 0 Å². The molecule has 5 nitrogen and oxygen atoms in total. The predicted octanol–water partition coefficient (Wildman–Crippen LogP) is 2.81. The fourth-order valence-corrected chi connectivity index (χ4v) is 4.31. The summed E-state index contributed by atoms with van der Waals surface area (Å²) in [7, 11) is -3.40. The maximum Gasteiger partial charge on any atom is 0.224 e. The lowest BCUT2D eigenvalue weighted by Gasteiger charge is -2.35. The third kappa shape index (κ3) is 6.06. The molecular formula is C19H29FN2O3S. The second kappa shape index (κ2) is 9.46. The molecule has 0 aromatic heterocycles. The summed E-state index contributed by atoms with van der Waals surface area (Å²) in [5.41, 5.74) is 0.869. The average Bonchev–Trinajstić information content (AvgIpc) is 2.61. The van der Waals surface area contributed by atoms with Crippen molar-refractivity contribution in [1.29, 1.82) is 0 Å². The Kier molecular flexibility index (Phi) is 7.58. The molecule has 0 spiro atoms. The molecule has 7 heteroatoms. The Hall–Kier alpha value is -1.47. The maximum atomic E-state index is 13.0. The van der Waals surface area contributed by atoms with E-state index in [1.165, 1.54) is 16.4 Å². The molecule has 1 unspecified atom stereocenters. The summed E-state index contributed by atoms with van der Waals surface area (Å²) in [4.78, 5) is 14.5. The van der Waals surface area contributed by atoms with E-state index in [4.69, 9.17) is 0 Å². The lowest BCUT2D eigenvalue weighted by atomic mass is 9.99. The quantitative estimate of drug-likeness (QED) is 0.692. The van der Waals surface area contributed by atoms with Crippen LogP contribution in [-0.4, -0.2) is 55.5 Å². The number of sulfonamides is 1. The number of carbonyl (C=O) groups excluding carboxylic acids is 1. The minimum atomic E-state index is -3.40. The number of benzene rings is 1. The van der Waals surface area contributed by atoms with E-state index in [0.717, 1.165) is 44.0 Å². The van der Waals surface area contributed by atoms with Crippen LogP contribution in [0.2, 0.25) is 0 Å². The van der Waals surface area contributed by atoms with Crippen molar-refractivity contribution in [3.05, 3.63) is 35.6 Å². The second-order valence-corrected chi connectivity index (χ2v) is 8.92. The molecule has 1 saturated heterocycles. The molecule has 26 heavy (non-hydrogen) atoms. The minimum absolute atomic E-state index is 0.0342. The van der Waals surface area contributed by atoms with E-state index >= 15 is 0 Å². The van der Waals surface area contributed by atoms with E-state index in [-0.39, 0.29) is 37.3 Å². The van der Waals surface area contributed by atoms with Crippen LogP contribution in [0.15, 0.2) is 24.3 Å². The molecule has 0 N–H and O–H groups in total. The third-order valence-electron chi connectivity index (χ3n) is 5.03. The van der Waals surface area contributed by atoms with Crippen LogP contribution in [0.5, 0.6) is 0 Å². The Morgan fingerprint density at radius 3 is 2.54 bits per heavy atom. The van der Waals surface area contributed by atoms with E-state index in [1.807, 2.05) is 4.90 Å². The number of carbonyl (C=O) groups is 1. The summed E-state index contributed by atoms with van der Waals surface area (Å²) < 4.78 is 38.4. The van der Waals surface area contributed by atoms with Crippen molar-refractivity contribution in [3.8, 4) is 0 Å². The fraction of sp³-hybridized carbons (Fsp3) is 0.632. The van der Waals surface area contributed by atoms with Crippen LogP contribution in [0.4, 0.5) is 4.39 Å². The molecule has 1 heterocycles. The average molecular weight is 385 g/mol. The number of rotatable bonds is 8. The molecule has 0 aliphatic carbocycles. The van der Waals surface area contributed by atoms with Gasteiger partial charge in [0.2, 0.25) is 15.9 Å². The van der Waals surface area contributed by atoms with Gasteiger partial charge in [-0.3, -0.25) is 4.79 Å². The van der Waals surface area contributed by atoms with Crippen LogP contribution in [0.1, 0.15) is 44.6 Å². The standard InChI is InChI=1S/C19H29FN2O3S/c1-3-18-6-4-5-13-22(18)19(23)12-15-21(26(2,24)25)14-11-16-7-9-17(20)10-8-16/h7-10,18H,3-6,11-15H2,1-2H3.